The molecule has 0 aliphatic carbocycles. The van der Waals surface area contributed by atoms with Crippen molar-refractivity contribution in [2.75, 3.05) is 0 Å². The number of benzene rings is 9. The third kappa shape index (κ3) is 4.03. The van der Waals surface area contributed by atoms with E-state index < -0.39 is 0 Å². The van der Waals surface area contributed by atoms with E-state index in [1.165, 1.54) is 76.5 Å². The third-order valence-corrected chi connectivity index (χ3v) is 9.79. The SMILES string of the molecule is c1ccc(-c2cc(-c3c4ccccc4c(-c4ccc5oc6cc7ccccc7cc6c5c4)c4ccccc34)cc3ccccc23)cc1. The van der Waals surface area contributed by atoms with E-state index >= 15 is 0 Å². The molecular formula is C46H28O. The molecule has 0 N–H and O–H groups in total. The predicted molar refractivity (Wildman–Crippen MR) is 200 cm³/mol. The molecule has 1 nitrogen and oxygen atoms in total. The highest BCUT2D eigenvalue weighted by molar-refractivity contribution is 6.23. The van der Waals surface area contributed by atoms with Gasteiger partial charge in [-0.3, -0.25) is 0 Å². The molecule has 1 heteroatoms. The lowest BCUT2D eigenvalue weighted by atomic mass is 9.84. The van der Waals surface area contributed by atoms with Crippen LogP contribution in [-0.2, 0) is 0 Å². The maximum Gasteiger partial charge on any atom is 0.136 e. The summed E-state index contributed by atoms with van der Waals surface area (Å²) < 4.78 is 6.39. The van der Waals surface area contributed by atoms with Gasteiger partial charge in [-0.1, -0.05) is 133 Å². The molecule has 0 bridgehead atoms. The van der Waals surface area contributed by atoms with Crippen LogP contribution in [0.1, 0.15) is 0 Å². The molecule has 0 radical (unpaired) electrons. The first-order valence-electron chi connectivity index (χ1n) is 16.2. The van der Waals surface area contributed by atoms with Crippen LogP contribution in [0, 0.1) is 0 Å². The third-order valence-electron chi connectivity index (χ3n) is 9.79. The minimum atomic E-state index is 0.911. The Labute approximate surface area is 271 Å². The summed E-state index contributed by atoms with van der Waals surface area (Å²) in [5.74, 6) is 0. The van der Waals surface area contributed by atoms with Gasteiger partial charge in [-0.05, 0) is 113 Å². The number of rotatable bonds is 3. The van der Waals surface area contributed by atoms with Gasteiger partial charge >= 0.3 is 0 Å². The van der Waals surface area contributed by atoms with Crippen molar-refractivity contribution in [1.29, 1.82) is 0 Å². The molecule has 218 valence electrons. The van der Waals surface area contributed by atoms with Crippen molar-refractivity contribution >= 4 is 65.0 Å². The molecule has 0 fully saturated rings. The van der Waals surface area contributed by atoms with Gasteiger partial charge < -0.3 is 4.42 Å². The topological polar surface area (TPSA) is 13.1 Å². The Bertz CT molecular complexity index is 2780. The highest BCUT2D eigenvalue weighted by Gasteiger charge is 2.19. The van der Waals surface area contributed by atoms with E-state index in [2.05, 4.69) is 170 Å². The van der Waals surface area contributed by atoms with Gasteiger partial charge in [0, 0.05) is 10.8 Å². The summed E-state index contributed by atoms with van der Waals surface area (Å²) in [5.41, 5.74) is 9.25. The molecular weight excluding hydrogens is 569 g/mol. The van der Waals surface area contributed by atoms with Crippen molar-refractivity contribution in [1.82, 2.24) is 0 Å². The summed E-state index contributed by atoms with van der Waals surface area (Å²) in [5, 5.41) is 12.2. The molecule has 0 amide bonds. The maximum absolute atomic E-state index is 6.39. The summed E-state index contributed by atoms with van der Waals surface area (Å²) in [6.45, 7) is 0. The molecule has 0 aliphatic rings. The second kappa shape index (κ2) is 10.2. The molecule has 0 spiro atoms. The summed E-state index contributed by atoms with van der Waals surface area (Å²) in [6, 6.07) is 61.7. The molecule has 9 aromatic carbocycles. The van der Waals surface area contributed by atoms with Crippen LogP contribution in [0.2, 0.25) is 0 Å². The van der Waals surface area contributed by atoms with Crippen LogP contribution in [0.5, 0.6) is 0 Å². The first-order valence-corrected chi connectivity index (χ1v) is 16.2. The smallest absolute Gasteiger partial charge is 0.136 e. The first kappa shape index (κ1) is 26.1. The minimum Gasteiger partial charge on any atom is -0.456 e. The maximum atomic E-state index is 6.39. The van der Waals surface area contributed by atoms with Crippen molar-refractivity contribution in [2.45, 2.75) is 0 Å². The Morgan fingerprint density at radius 2 is 0.809 bits per heavy atom. The predicted octanol–water partition coefficient (Wildman–Crippen LogP) is 13.2. The van der Waals surface area contributed by atoms with Crippen LogP contribution in [0.15, 0.2) is 174 Å². The highest BCUT2D eigenvalue weighted by atomic mass is 16.3. The zero-order valence-corrected chi connectivity index (χ0v) is 25.6. The molecule has 1 heterocycles. The Balaban J connectivity index is 1.27. The van der Waals surface area contributed by atoms with Crippen molar-refractivity contribution in [3.8, 4) is 33.4 Å². The van der Waals surface area contributed by atoms with Gasteiger partial charge in [0.2, 0.25) is 0 Å². The second-order valence-electron chi connectivity index (χ2n) is 12.5. The lowest BCUT2D eigenvalue weighted by molar-refractivity contribution is 0.669. The van der Waals surface area contributed by atoms with Crippen LogP contribution in [0.4, 0.5) is 0 Å². The monoisotopic (exact) mass is 596 g/mol. The van der Waals surface area contributed by atoms with Crippen molar-refractivity contribution < 1.29 is 4.42 Å². The average Bonchev–Trinajstić information content (AvgIpc) is 3.49. The van der Waals surface area contributed by atoms with Gasteiger partial charge in [0.15, 0.2) is 0 Å². The molecule has 0 aliphatic heterocycles. The summed E-state index contributed by atoms with van der Waals surface area (Å²) in [7, 11) is 0. The van der Waals surface area contributed by atoms with E-state index in [1.54, 1.807) is 0 Å². The fraction of sp³-hybridized carbons (Fsp3) is 0. The largest absolute Gasteiger partial charge is 0.456 e. The zero-order valence-electron chi connectivity index (χ0n) is 25.6. The molecule has 0 unspecified atom stereocenters. The van der Waals surface area contributed by atoms with Crippen LogP contribution < -0.4 is 0 Å². The van der Waals surface area contributed by atoms with Gasteiger partial charge in [0.1, 0.15) is 11.2 Å². The standard InChI is InChI=1S/C46H28O/c1-2-12-29(13-3-1)40-27-34(24-32-16-6-7-17-35(32)40)46-38-20-10-8-18-36(38)45(37-19-9-11-21-39(37)46)33-22-23-43-41(26-33)42-25-30-14-4-5-15-31(30)28-44(42)47-43/h1-28H. The van der Waals surface area contributed by atoms with Crippen LogP contribution in [-0.4, -0.2) is 0 Å². The van der Waals surface area contributed by atoms with Crippen LogP contribution in [0.25, 0.3) is 98.4 Å². The minimum absolute atomic E-state index is 0.911. The van der Waals surface area contributed by atoms with Crippen LogP contribution >= 0.6 is 0 Å². The first-order chi connectivity index (χ1) is 23.3. The van der Waals surface area contributed by atoms with Gasteiger partial charge in [-0.2, -0.15) is 0 Å². The quantitative estimate of drug-likeness (QED) is 0.185. The van der Waals surface area contributed by atoms with Crippen molar-refractivity contribution in [2.24, 2.45) is 0 Å². The van der Waals surface area contributed by atoms with E-state index in [-0.39, 0.29) is 0 Å². The highest BCUT2D eigenvalue weighted by Crippen LogP contribution is 2.46. The normalized spacial score (nSPS) is 11.8. The fourth-order valence-corrected chi connectivity index (χ4v) is 7.68. The number of hydrogen-bond donors (Lipinski definition) is 0. The van der Waals surface area contributed by atoms with Crippen molar-refractivity contribution in [3.63, 3.8) is 0 Å². The van der Waals surface area contributed by atoms with Gasteiger partial charge in [0.25, 0.3) is 0 Å². The lowest BCUT2D eigenvalue weighted by Gasteiger charge is -2.19. The van der Waals surface area contributed by atoms with E-state index in [0.29, 0.717) is 0 Å². The lowest BCUT2D eigenvalue weighted by Crippen LogP contribution is -1.92. The molecule has 10 rings (SSSR count). The van der Waals surface area contributed by atoms with Gasteiger partial charge in [-0.15, -0.1) is 0 Å². The zero-order chi connectivity index (χ0) is 30.9. The number of furan rings is 1. The van der Waals surface area contributed by atoms with E-state index in [1.807, 2.05) is 0 Å². The van der Waals surface area contributed by atoms with E-state index in [9.17, 15) is 0 Å². The molecule has 10 aromatic rings. The molecule has 0 saturated carbocycles. The van der Waals surface area contributed by atoms with Crippen molar-refractivity contribution in [3.05, 3.63) is 170 Å². The van der Waals surface area contributed by atoms with Gasteiger partial charge in [0.05, 0.1) is 0 Å². The Kier molecular flexibility index (Phi) is 5.64. The Morgan fingerprint density at radius 1 is 0.277 bits per heavy atom. The van der Waals surface area contributed by atoms with Gasteiger partial charge in [-0.25, -0.2) is 0 Å². The number of hydrogen-bond acceptors (Lipinski definition) is 1. The number of fused-ring (bicyclic) bond motifs is 7. The second-order valence-corrected chi connectivity index (χ2v) is 12.5. The summed E-state index contributed by atoms with van der Waals surface area (Å²) >= 11 is 0. The Hall–Kier alpha value is -6.18. The van der Waals surface area contributed by atoms with Crippen LogP contribution in [0.3, 0.4) is 0 Å². The molecule has 47 heavy (non-hydrogen) atoms. The molecule has 0 saturated heterocycles. The summed E-state index contributed by atoms with van der Waals surface area (Å²) in [4.78, 5) is 0. The molecule has 1 aromatic heterocycles. The molecule has 0 atom stereocenters. The Morgan fingerprint density at radius 3 is 1.49 bits per heavy atom. The summed E-state index contributed by atoms with van der Waals surface area (Å²) in [6.07, 6.45) is 0. The van der Waals surface area contributed by atoms with E-state index in [0.717, 1.165) is 21.9 Å². The fourth-order valence-electron chi connectivity index (χ4n) is 7.68. The van der Waals surface area contributed by atoms with E-state index in [4.69, 9.17) is 4.42 Å². The average molecular weight is 597 g/mol.